The fraction of sp³-hybridized carbons (Fsp3) is 0.429. The monoisotopic (exact) mass is 509 g/mol. The zero-order valence-electron chi connectivity index (χ0n) is 21.3. The van der Waals surface area contributed by atoms with Crippen molar-refractivity contribution in [1.82, 2.24) is 0 Å². The fourth-order valence-electron chi connectivity index (χ4n) is 5.61. The molecule has 3 aliphatic rings. The van der Waals surface area contributed by atoms with Crippen molar-refractivity contribution in [1.29, 1.82) is 0 Å². The van der Waals surface area contributed by atoms with Gasteiger partial charge >= 0.3 is 5.97 Å². The number of ether oxygens (including phenoxy) is 3. The first-order chi connectivity index (χ1) is 17.4. The predicted octanol–water partition coefficient (Wildman–Crippen LogP) is 5.82. The Kier molecular flexibility index (Phi) is 5.94. The van der Waals surface area contributed by atoms with Gasteiger partial charge in [0.2, 0.25) is 0 Å². The molecule has 2 heterocycles. The number of fused-ring (bicyclic) bond motifs is 5. The number of rotatable bonds is 5. The van der Waals surface area contributed by atoms with Crippen molar-refractivity contribution >= 4 is 23.0 Å². The summed E-state index contributed by atoms with van der Waals surface area (Å²) in [5, 5.41) is 10.9. The quantitative estimate of drug-likeness (QED) is 0.284. The lowest BCUT2D eigenvalue weighted by atomic mass is 9.80. The highest BCUT2D eigenvalue weighted by Crippen LogP contribution is 2.55. The molecule has 0 unspecified atom stereocenters. The maximum absolute atomic E-state index is 14.4. The van der Waals surface area contributed by atoms with Crippen LogP contribution in [0.2, 0.25) is 0 Å². The Morgan fingerprint density at radius 2 is 1.70 bits per heavy atom. The van der Waals surface area contributed by atoms with Gasteiger partial charge in [-0.05, 0) is 82.3 Å². The molecule has 37 heavy (non-hydrogen) atoms. The largest absolute Gasteiger partial charge is 0.454 e. The molecule has 0 N–H and O–H groups in total. The smallest absolute Gasteiger partial charge is 0.316 e. The fourth-order valence-corrected chi connectivity index (χ4v) is 5.61. The molecule has 0 aromatic heterocycles. The summed E-state index contributed by atoms with van der Waals surface area (Å²) >= 11 is 0. The Morgan fingerprint density at radius 1 is 1.08 bits per heavy atom. The lowest BCUT2D eigenvalue weighted by Gasteiger charge is -2.24. The number of non-ortho nitro benzene ring substituents is 1. The standard InChI is InChI=1S/C28H28FNO7/c1-13-10-16(35-18-7-6-15(30(33)34)12-17(18)29)11-14(2)21(13)24-25(31)22-19-8-9-20(36-19)23(22)26(24)37-27(32)28(3,4)5/h6-7,10-12,19-20,22-23H,8-9H2,1-5H3/t19-,20+,22+,23-/m1/s1. The molecule has 2 fully saturated rings. The molecule has 2 aliphatic heterocycles. The van der Waals surface area contributed by atoms with Crippen molar-refractivity contribution in [2.75, 3.05) is 0 Å². The number of carbonyl (C=O) groups excluding carboxylic acids is 2. The molecule has 1 aliphatic carbocycles. The molecule has 2 aromatic rings. The number of benzene rings is 2. The number of Topliss-reactive ketones (excluding diaryl/α,β-unsaturated/α-hetero) is 1. The molecule has 0 spiro atoms. The maximum atomic E-state index is 14.4. The Bertz CT molecular complexity index is 1350. The van der Waals surface area contributed by atoms with Crippen LogP contribution in [0, 0.1) is 47.0 Å². The summed E-state index contributed by atoms with van der Waals surface area (Å²) in [6.07, 6.45) is 1.27. The maximum Gasteiger partial charge on any atom is 0.316 e. The van der Waals surface area contributed by atoms with Gasteiger partial charge in [-0.2, -0.15) is 0 Å². The number of hydrogen-bond donors (Lipinski definition) is 0. The minimum Gasteiger partial charge on any atom is -0.454 e. The van der Waals surface area contributed by atoms with E-state index in [-0.39, 0.29) is 41.3 Å². The zero-order chi connectivity index (χ0) is 26.8. The second-order valence-corrected chi connectivity index (χ2v) is 11.0. The first-order valence-corrected chi connectivity index (χ1v) is 12.3. The topological polar surface area (TPSA) is 105 Å². The van der Waals surface area contributed by atoms with Crippen LogP contribution in [0.5, 0.6) is 11.5 Å². The van der Waals surface area contributed by atoms with E-state index in [2.05, 4.69) is 0 Å². The van der Waals surface area contributed by atoms with E-state index in [1.807, 2.05) is 13.8 Å². The predicted molar refractivity (Wildman–Crippen MR) is 131 cm³/mol. The number of halogens is 1. The molecule has 4 atom stereocenters. The molecule has 8 nitrogen and oxygen atoms in total. The summed E-state index contributed by atoms with van der Waals surface area (Å²) in [5.41, 5.74) is 1.31. The van der Waals surface area contributed by atoms with Gasteiger partial charge in [-0.25, -0.2) is 4.39 Å². The number of esters is 1. The van der Waals surface area contributed by atoms with Crippen molar-refractivity contribution in [3.63, 3.8) is 0 Å². The van der Waals surface area contributed by atoms with Crippen LogP contribution < -0.4 is 4.74 Å². The summed E-state index contributed by atoms with van der Waals surface area (Å²) in [4.78, 5) is 36.9. The first kappa shape index (κ1) is 25.1. The van der Waals surface area contributed by atoms with Gasteiger partial charge in [0.15, 0.2) is 17.3 Å². The summed E-state index contributed by atoms with van der Waals surface area (Å²) < 4.78 is 32.1. The second-order valence-electron chi connectivity index (χ2n) is 11.0. The van der Waals surface area contributed by atoms with Gasteiger partial charge in [0.25, 0.3) is 5.69 Å². The van der Waals surface area contributed by atoms with E-state index in [1.165, 1.54) is 12.1 Å². The van der Waals surface area contributed by atoms with E-state index in [1.54, 1.807) is 32.9 Å². The molecule has 2 bridgehead atoms. The van der Waals surface area contributed by atoms with Crippen LogP contribution in [0.25, 0.3) is 5.57 Å². The van der Waals surface area contributed by atoms with Gasteiger partial charge in [0.05, 0.1) is 46.0 Å². The summed E-state index contributed by atoms with van der Waals surface area (Å²) in [7, 11) is 0. The Labute approximate surface area is 213 Å². The Balaban J connectivity index is 1.55. The van der Waals surface area contributed by atoms with Crippen LogP contribution in [0.3, 0.4) is 0 Å². The van der Waals surface area contributed by atoms with Crippen LogP contribution in [0.15, 0.2) is 36.1 Å². The average molecular weight is 510 g/mol. The summed E-state index contributed by atoms with van der Waals surface area (Å²) in [6.45, 7) is 8.91. The SMILES string of the molecule is Cc1cc(Oc2ccc([N+](=O)[O-])cc2F)cc(C)c1C1=C(OC(=O)C(C)(C)C)[C@H]2[C@@H](C1=O)[C@H]1CC[C@@H]2O1. The molecule has 2 saturated heterocycles. The molecular weight excluding hydrogens is 481 g/mol. The molecule has 0 amide bonds. The van der Waals surface area contributed by atoms with E-state index in [9.17, 15) is 24.1 Å². The molecule has 9 heteroatoms. The molecule has 194 valence electrons. The van der Waals surface area contributed by atoms with Gasteiger partial charge < -0.3 is 14.2 Å². The van der Waals surface area contributed by atoms with Crippen LogP contribution in [0.4, 0.5) is 10.1 Å². The number of nitrogens with zero attached hydrogens (tertiary/aromatic N) is 1. The van der Waals surface area contributed by atoms with E-state index >= 15 is 0 Å². The number of nitro groups is 1. The first-order valence-electron chi connectivity index (χ1n) is 12.3. The van der Waals surface area contributed by atoms with Crippen molar-refractivity contribution in [3.05, 3.63) is 68.7 Å². The number of ketones is 1. The lowest BCUT2D eigenvalue weighted by molar-refractivity contribution is -0.385. The second kappa shape index (κ2) is 8.76. The third-order valence-corrected chi connectivity index (χ3v) is 7.30. The third kappa shape index (κ3) is 4.21. The van der Waals surface area contributed by atoms with Crippen molar-refractivity contribution in [2.24, 2.45) is 17.3 Å². The van der Waals surface area contributed by atoms with Crippen molar-refractivity contribution < 1.29 is 33.1 Å². The lowest BCUT2D eigenvalue weighted by Crippen LogP contribution is -2.31. The molecule has 5 rings (SSSR count). The Morgan fingerprint density at radius 3 is 2.27 bits per heavy atom. The van der Waals surface area contributed by atoms with Gasteiger partial charge in [-0.15, -0.1) is 0 Å². The number of aryl methyl sites for hydroxylation is 2. The van der Waals surface area contributed by atoms with Gasteiger partial charge in [0.1, 0.15) is 11.5 Å². The van der Waals surface area contributed by atoms with Crippen LogP contribution in [-0.2, 0) is 19.1 Å². The van der Waals surface area contributed by atoms with Crippen molar-refractivity contribution in [2.45, 2.75) is 59.7 Å². The molecule has 2 aromatic carbocycles. The van der Waals surface area contributed by atoms with Gasteiger partial charge in [-0.3, -0.25) is 19.7 Å². The van der Waals surface area contributed by atoms with Crippen molar-refractivity contribution in [3.8, 4) is 11.5 Å². The highest BCUT2D eigenvalue weighted by Gasteiger charge is 2.60. The third-order valence-electron chi connectivity index (χ3n) is 7.30. The highest BCUT2D eigenvalue weighted by atomic mass is 19.1. The van der Waals surface area contributed by atoms with Crippen LogP contribution >= 0.6 is 0 Å². The highest BCUT2D eigenvalue weighted by molar-refractivity contribution is 6.26. The van der Waals surface area contributed by atoms with Crippen LogP contribution in [-0.4, -0.2) is 28.9 Å². The molecular formula is C28H28FNO7. The number of nitro benzene ring substituents is 1. The minimum absolute atomic E-state index is 0.0878. The molecule has 0 radical (unpaired) electrons. The Hall–Kier alpha value is -3.59. The molecule has 0 saturated carbocycles. The van der Waals surface area contributed by atoms with E-state index < -0.39 is 22.1 Å². The van der Waals surface area contributed by atoms with Crippen LogP contribution in [0.1, 0.15) is 50.3 Å². The van der Waals surface area contributed by atoms with Gasteiger partial charge in [-0.1, -0.05) is 0 Å². The van der Waals surface area contributed by atoms with E-state index in [0.717, 1.165) is 18.9 Å². The zero-order valence-corrected chi connectivity index (χ0v) is 21.3. The summed E-state index contributed by atoms with van der Waals surface area (Å²) in [6, 6.07) is 6.52. The average Bonchev–Trinajstić information content (AvgIpc) is 3.48. The van der Waals surface area contributed by atoms with E-state index in [4.69, 9.17) is 14.2 Å². The van der Waals surface area contributed by atoms with E-state index in [0.29, 0.717) is 33.8 Å². The normalized spacial score (nSPS) is 24.4. The van der Waals surface area contributed by atoms with Gasteiger partial charge in [0, 0.05) is 6.07 Å². The minimum atomic E-state index is -0.859. The number of allylic oxidation sites excluding steroid dienone is 1. The number of hydrogen-bond acceptors (Lipinski definition) is 7. The summed E-state index contributed by atoms with van der Waals surface area (Å²) in [5.74, 6) is -1.50. The number of carbonyl (C=O) groups is 2.